The van der Waals surface area contributed by atoms with Gasteiger partial charge in [-0.15, -0.1) is 0 Å². The molecule has 0 unspecified atom stereocenters. The zero-order valence-corrected chi connectivity index (χ0v) is 9.79. The van der Waals surface area contributed by atoms with Gasteiger partial charge in [0.05, 0.1) is 0 Å². The lowest BCUT2D eigenvalue weighted by atomic mass is 10.3. The van der Waals surface area contributed by atoms with E-state index in [9.17, 15) is 13.6 Å². The first-order valence-corrected chi connectivity index (χ1v) is 5.72. The van der Waals surface area contributed by atoms with Crippen LogP contribution in [0.4, 0.5) is 8.78 Å². The molecule has 0 bridgehead atoms. The second kappa shape index (κ2) is 5.77. The molecule has 6 heteroatoms. The summed E-state index contributed by atoms with van der Waals surface area (Å²) in [7, 11) is 0. The van der Waals surface area contributed by atoms with Crippen LogP contribution in [0.15, 0.2) is 18.2 Å². The lowest BCUT2D eigenvalue weighted by Crippen LogP contribution is -2.47. The first-order chi connectivity index (χ1) is 8.65. The molecular formula is C12H14F2N2O2. The van der Waals surface area contributed by atoms with Crippen molar-refractivity contribution < 1.29 is 18.3 Å². The number of ether oxygens (including phenoxy) is 1. The van der Waals surface area contributed by atoms with Gasteiger partial charge >= 0.3 is 0 Å². The second-order valence-electron chi connectivity index (χ2n) is 4.02. The number of rotatable bonds is 3. The van der Waals surface area contributed by atoms with Crippen LogP contribution in [0, 0.1) is 11.6 Å². The van der Waals surface area contributed by atoms with E-state index in [1.807, 2.05) is 0 Å². The topological polar surface area (TPSA) is 41.6 Å². The Morgan fingerprint density at radius 1 is 1.22 bits per heavy atom. The third kappa shape index (κ3) is 3.40. The van der Waals surface area contributed by atoms with Crippen molar-refractivity contribution in [2.24, 2.45) is 0 Å². The molecule has 1 aliphatic heterocycles. The summed E-state index contributed by atoms with van der Waals surface area (Å²) in [6, 6.07) is 2.85. The van der Waals surface area contributed by atoms with E-state index in [2.05, 4.69) is 5.32 Å². The molecule has 1 aromatic carbocycles. The lowest BCUT2D eigenvalue weighted by molar-refractivity contribution is -0.133. The van der Waals surface area contributed by atoms with E-state index < -0.39 is 11.6 Å². The van der Waals surface area contributed by atoms with E-state index in [0.29, 0.717) is 13.1 Å². The monoisotopic (exact) mass is 256 g/mol. The molecule has 1 aliphatic rings. The van der Waals surface area contributed by atoms with Crippen LogP contribution < -0.4 is 10.1 Å². The zero-order chi connectivity index (χ0) is 13.0. The summed E-state index contributed by atoms with van der Waals surface area (Å²) in [6.45, 7) is 2.54. The van der Waals surface area contributed by atoms with Crippen LogP contribution in [0.5, 0.6) is 5.75 Å². The number of hydrogen-bond donors (Lipinski definition) is 1. The molecule has 0 aromatic heterocycles. The number of benzene rings is 1. The first kappa shape index (κ1) is 12.8. The van der Waals surface area contributed by atoms with Crippen LogP contribution in [0.2, 0.25) is 0 Å². The van der Waals surface area contributed by atoms with Crippen molar-refractivity contribution >= 4 is 5.91 Å². The van der Waals surface area contributed by atoms with Gasteiger partial charge in [0, 0.05) is 44.4 Å². The Morgan fingerprint density at radius 2 is 1.83 bits per heavy atom. The van der Waals surface area contributed by atoms with Crippen molar-refractivity contribution in [3.05, 3.63) is 29.8 Å². The Labute approximate surface area is 104 Å². The fourth-order valence-electron chi connectivity index (χ4n) is 1.76. The molecule has 1 saturated heterocycles. The fourth-order valence-corrected chi connectivity index (χ4v) is 1.76. The minimum atomic E-state index is -0.723. The van der Waals surface area contributed by atoms with Gasteiger partial charge in [-0.25, -0.2) is 8.78 Å². The SMILES string of the molecule is O=C(COc1cc(F)cc(F)c1)N1CCNCC1. The van der Waals surface area contributed by atoms with Crippen LogP contribution in [-0.4, -0.2) is 43.6 Å². The Hall–Kier alpha value is -1.69. The Bertz CT molecular complexity index is 414. The summed E-state index contributed by atoms with van der Waals surface area (Å²) in [5.74, 6) is -1.60. The molecular weight excluding hydrogens is 242 g/mol. The van der Waals surface area contributed by atoms with Gasteiger partial charge in [-0.1, -0.05) is 0 Å². The summed E-state index contributed by atoms with van der Waals surface area (Å²) in [5, 5.41) is 3.12. The molecule has 1 aromatic rings. The van der Waals surface area contributed by atoms with Crippen LogP contribution in [0.25, 0.3) is 0 Å². The van der Waals surface area contributed by atoms with E-state index in [4.69, 9.17) is 4.74 Å². The van der Waals surface area contributed by atoms with Gasteiger partial charge in [0.25, 0.3) is 5.91 Å². The van der Waals surface area contributed by atoms with Crippen molar-refractivity contribution in [2.75, 3.05) is 32.8 Å². The summed E-state index contributed by atoms with van der Waals surface area (Å²) in [5.41, 5.74) is 0. The smallest absolute Gasteiger partial charge is 0.260 e. The number of halogens is 2. The molecule has 1 N–H and O–H groups in total. The van der Waals surface area contributed by atoms with Gasteiger partial charge in [-0.3, -0.25) is 4.79 Å². The van der Waals surface area contributed by atoms with Gasteiger partial charge in [-0.05, 0) is 0 Å². The number of carbonyl (C=O) groups is 1. The number of nitrogens with one attached hydrogen (secondary N) is 1. The zero-order valence-electron chi connectivity index (χ0n) is 9.79. The number of piperazine rings is 1. The number of amides is 1. The van der Waals surface area contributed by atoms with Crippen molar-refractivity contribution in [1.82, 2.24) is 10.2 Å². The average molecular weight is 256 g/mol. The van der Waals surface area contributed by atoms with Gasteiger partial charge in [0.1, 0.15) is 17.4 Å². The predicted octanol–water partition coefficient (Wildman–Crippen LogP) is 0.775. The first-order valence-electron chi connectivity index (χ1n) is 5.72. The molecule has 98 valence electrons. The van der Waals surface area contributed by atoms with E-state index in [1.165, 1.54) is 0 Å². The lowest BCUT2D eigenvalue weighted by Gasteiger charge is -2.27. The molecule has 0 saturated carbocycles. The largest absolute Gasteiger partial charge is 0.484 e. The molecule has 2 rings (SSSR count). The van der Waals surface area contributed by atoms with Crippen molar-refractivity contribution in [3.63, 3.8) is 0 Å². The average Bonchev–Trinajstić information content (AvgIpc) is 2.36. The third-order valence-corrected chi connectivity index (χ3v) is 2.67. The van der Waals surface area contributed by atoms with E-state index >= 15 is 0 Å². The number of hydrogen-bond acceptors (Lipinski definition) is 3. The summed E-state index contributed by atoms with van der Waals surface area (Å²) in [4.78, 5) is 13.4. The molecule has 1 fully saturated rings. The van der Waals surface area contributed by atoms with Gasteiger partial charge in [0.15, 0.2) is 6.61 Å². The summed E-state index contributed by atoms with van der Waals surface area (Å²) < 4.78 is 30.9. The molecule has 0 atom stereocenters. The molecule has 0 radical (unpaired) electrons. The van der Waals surface area contributed by atoms with Crippen LogP contribution >= 0.6 is 0 Å². The normalized spacial score (nSPS) is 15.6. The molecule has 0 spiro atoms. The highest BCUT2D eigenvalue weighted by Crippen LogP contribution is 2.15. The minimum Gasteiger partial charge on any atom is -0.484 e. The quantitative estimate of drug-likeness (QED) is 0.868. The highest BCUT2D eigenvalue weighted by molar-refractivity contribution is 5.77. The summed E-state index contributed by atoms with van der Waals surface area (Å²) >= 11 is 0. The standard InChI is InChI=1S/C12H14F2N2O2/c13-9-5-10(14)7-11(6-9)18-8-12(17)16-3-1-15-2-4-16/h5-7,15H,1-4,8H2. The number of carbonyl (C=O) groups excluding carboxylic acids is 1. The summed E-state index contributed by atoms with van der Waals surface area (Å²) in [6.07, 6.45) is 0. The van der Waals surface area contributed by atoms with Gasteiger partial charge in [-0.2, -0.15) is 0 Å². The van der Waals surface area contributed by atoms with Crippen molar-refractivity contribution in [1.29, 1.82) is 0 Å². The maximum Gasteiger partial charge on any atom is 0.260 e. The Kier molecular flexibility index (Phi) is 4.09. The molecule has 1 heterocycles. The molecule has 1 amide bonds. The van der Waals surface area contributed by atoms with Crippen molar-refractivity contribution in [2.45, 2.75) is 0 Å². The molecule has 0 aliphatic carbocycles. The van der Waals surface area contributed by atoms with E-state index in [0.717, 1.165) is 31.3 Å². The maximum absolute atomic E-state index is 12.9. The maximum atomic E-state index is 12.9. The Morgan fingerprint density at radius 3 is 2.44 bits per heavy atom. The highest BCUT2D eigenvalue weighted by Gasteiger charge is 2.16. The molecule has 18 heavy (non-hydrogen) atoms. The minimum absolute atomic E-state index is 0.0241. The predicted molar refractivity (Wildman–Crippen MR) is 61.3 cm³/mol. The van der Waals surface area contributed by atoms with Crippen LogP contribution in [-0.2, 0) is 4.79 Å². The highest BCUT2D eigenvalue weighted by atomic mass is 19.1. The third-order valence-electron chi connectivity index (χ3n) is 2.67. The van der Waals surface area contributed by atoms with E-state index in [-0.39, 0.29) is 18.3 Å². The van der Waals surface area contributed by atoms with Crippen molar-refractivity contribution in [3.8, 4) is 5.75 Å². The van der Waals surface area contributed by atoms with Gasteiger partial charge in [0.2, 0.25) is 0 Å². The van der Waals surface area contributed by atoms with E-state index in [1.54, 1.807) is 4.90 Å². The van der Waals surface area contributed by atoms with Gasteiger partial charge < -0.3 is 15.0 Å². The van der Waals surface area contributed by atoms with Crippen LogP contribution in [0.3, 0.4) is 0 Å². The Balaban J connectivity index is 1.88. The molecule has 4 nitrogen and oxygen atoms in total. The number of nitrogens with zero attached hydrogens (tertiary/aromatic N) is 1. The fraction of sp³-hybridized carbons (Fsp3) is 0.417. The van der Waals surface area contributed by atoms with Crippen LogP contribution in [0.1, 0.15) is 0 Å². The second-order valence-corrected chi connectivity index (χ2v) is 4.02.